The van der Waals surface area contributed by atoms with Crippen molar-refractivity contribution in [2.45, 2.75) is 178 Å². The average Bonchev–Trinajstić information content (AvgIpc) is 1.73. The minimum absolute atomic E-state index is 0.0455. The summed E-state index contributed by atoms with van der Waals surface area (Å²) < 4.78 is 34.2. The maximum Gasteiger partial charge on any atom is 0.330 e. The lowest BCUT2D eigenvalue weighted by Gasteiger charge is -2.21. The predicted octanol–water partition coefficient (Wildman–Crippen LogP) is -0.873. The van der Waals surface area contributed by atoms with E-state index < -0.39 is 148 Å². The van der Waals surface area contributed by atoms with Crippen molar-refractivity contribution < 1.29 is 78.6 Å². The third-order valence-electron chi connectivity index (χ3n) is 17.7. The van der Waals surface area contributed by atoms with E-state index in [1.54, 1.807) is 0 Å². The van der Waals surface area contributed by atoms with Crippen LogP contribution in [-0.2, 0) is 69.0 Å². The van der Waals surface area contributed by atoms with Gasteiger partial charge in [-0.15, -0.1) is 52.7 Å². The van der Waals surface area contributed by atoms with Crippen LogP contribution in [0.15, 0.2) is 53.6 Å². The number of aromatic nitrogens is 8. The van der Waals surface area contributed by atoms with Gasteiger partial charge in [0, 0.05) is 80.3 Å². The molecule has 0 unspecified atom stereocenters. The minimum atomic E-state index is -1.33. The summed E-state index contributed by atoms with van der Waals surface area (Å²) in [6.45, 7) is 18.3. The molecule has 40 heteroatoms. The smallest absolute Gasteiger partial charge is 0.330 e. The molecule has 4 aromatic heterocycles. The van der Waals surface area contributed by atoms with E-state index >= 15 is 0 Å². The first-order chi connectivity index (χ1) is 50.5. The van der Waals surface area contributed by atoms with Crippen LogP contribution in [0.5, 0.6) is 0 Å². The van der Waals surface area contributed by atoms with Crippen LogP contribution in [0.4, 0.5) is 0 Å². The van der Waals surface area contributed by atoms with Crippen LogP contribution in [0.1, 0.15) is 101 Å². The summed E-state index contributed by atoms with van der Waals surface area (Å²) in [6, 6.07) is 0. The molecule has 34 nitrogen and oxygen atoms in total. The van der Waals surface area contributed by atoms with Gasteiger partial charge in [0.05, 0.1) is 50.6 Å². The summed E-state index contributed by atoms with van der Waals surface area (Å²) in [5, 5.41) is 84.2. The molecule has 0 amide bonds. The van der Waals surface area contributed by atoms with Crippen LogP contribution in [0.25, 0.3) is 0 Å². The highest BCUT2D eigenvalue weighted by molar-refractivity contribution is 7.73. The molecule has 15 N–H and O–H groups in total. The van der Waals surface area contributed by atoms with E-state index in [2.05, 4.69) is 120 Å². The highest BCUT2D eigenvalue weighted by Gasteiger charge is 2.48. The van der Waals surface area contributed by atoms with Gasteiger partial charge < -0.3 is 80.7 Å². The lowest BCUT2D eigenvalue weighted by molar-refractivity contribution is -0.117. The third-order valence-corrected chi connectivity index (χ3v) is 24.2. The number of methoxy groups -OCH3 is 1. The number of nitrogens with one attached hydrogen (secondary N) is 8. The van der Waals surface area contributed by atoms with Crippen molar-refractivity contribution in [1.82, 2.24) is 59.5 Å². The number of Topliss-reactive ketones (excluding diaryl/α,β-unsaturated/α-hetero) is 4. The zero-order valence-corrected chi connectivity index (χ0v) is 69.5. The molecule has 0 aromatic carbocycles. The Bertz CT molecular complexity index is 4180. The molecule has 4 aliphatic rings. The molecule has 8 heterocycles. The number of carbonyl (C=O) groups excluding carboxylic acids is 4. The van der Waals surface area contributed by atoms with Crippen LogP contribution in [0.3, 0.4) is 0 Å². The number of hydrogen-bond acceptors (Lipinski definition) is 28. The number of ketones is 4. The maximum absolute atomic E-state index is 12.4. The van der Waals surface area contributed by atoms with E-state index in [0.29, 0.717) is 36.8 Å². The Balaban J connectivity index is 0.000000260. The molecule has 0 aliphatic carbocycles. The van der Waals surface area contributed by atoms with Gasteiger partial charge in [-0.25, -0.2) is 9.59 Å². The highest BCUT2D eigenvalue weighted by atomic mass is 32.1. The number of aromatic amines is 4. The standard InChI is InChI=1S/C18H30N3O6P.C17H28N3O6P.2C17H28N3O5PS/c1-11(22)8-19-9-12-10-21(18(25)20-16(12)24)17-15(26-2)14(23)13(27-17)6-7-28(3,4)5;1-10(21)7-18-8-11-9-20(17(25)19-15(11)24)16-14(23)13(22)12(26-16)5-6-27(2,3)4;2*1-10(21)7-18-8-11-9-20(17(27)19-15(11)24)16-14(23)13(22)12(25-16)5-6-26(2,3)4/h10,13-15,17,19,23H,3,6-9H2,1-2,4-5H3,(H,20,24,25);9,12-14,16,18,22-23H,2,5-8H2,1,3-4H3,(H,19,24,25);2*9,12-14,16,18,22-23H,2,5-8H2,1,3-4H3,(H,19,24,27)/t13-,14-,15-,17-;3*12-,13-,14-,16-/m1111/s1. The van der Waals surface area contributed by atoms with Crippen LogP contribution >= 0.6 is 52.0 Å². The summed E-state index contributed by atoms with van der Waals surface area (Å²) in [5.74, 6) is -0.242. The van der Waals surface area contributed by atoms with Crippen LogP contribution in [0, 0.1) is 9.54 Å². The minimum Gasteiger partial charge on any atom is -0.388 e. The van der Waals surface area contributed by atoms with Crippen molar-refractivity contribution in [3.05, 3.63) is 119 Å². The third kappa shape index (κ3) is 29.3. The number of nitrogens with zero attached hydrogens (tertiary/aromatic N) is 4. The number of aliphatic hydroxyl groups is 7. The Morgan fingerprint density at radius 3 is 0.890 bits per heavy atom. The molecule has 0 saturated carbocycles. The normalized spacial score (nSPS) is 25.5. The first kappa shape index (κ1) is 94.4. The number of aliphatic hydroxyl groups excluding tert-OH is 7. The highest BCUT2D eigenvalue weighted by Crippen LogP contribution is 2.43. The summed E-state index contributed by atoms with van der Waals surface area (Å²) >= 11 is 10.4. The second-order valence-electron chi connectivity index (χ2n) is 30.7. The fourth-order valence-corrected chi connectivity index (χ4v) is 16.1. The monoisotopic (exact) mass is 1650 g/mol. The number of carbonyl (C=O) groups is 4. The molecule has 0 radical (unpaired) electrons. The van der Waals surface area contributed by atoms with Crippen LogP contribution in [0.2, 0.25) is 0 Å². The molecule has 614 valence electrons. The van der Waals surface area contributed by atoms with E-state index in [1.807, 2.05) is 0 Å². The van der Waals surface area contributed by atoms with Gasteiger partial charge in [-0.05, 0) is 156 Å². The van der Waals surface area contributed by atoms with E-state index in [4.69, 9.17) is 48.1 Å². The Hall–Kier alpha value is -5.20. The van der Waals surface area contributed by atoms with Crippen molar-refractivity contribution in [3.8, 4) is 0 Å². The van der Waals surface area contributed by atoms with Gasteiger partial charge in [-0.2, -0.15) is 0 Å². The molecule has 4 fully saturated rings. The van der Waals surface area contributed by atoms with E-state index in [-0.39, 0.29) is 107 Å². The molecule has 0 bridgehead atoms. The lowest BCUT2D eigenvalue weighted by atomic mass is 10.1. The lowest BCUT2D eigenvalue weighted by Crippen LogP contribution is -2.40. The van der Waals surface area contributed by atoms with Gasteiger partial charge in [-0.3, -0.25) is 76.6 Å². The van der Waals surface area contributed by atoms with Gasteiger partial charge in [0.25, 0.3) is 22.2 Å². The SMILES string of the molecule is C=P(C)(C)CC[C@H]1O[C@@H](n2cc(CNCC(C)=O)c(=O)[nH]c2=O)[C@H](O)[C@@H]1O.C=P(C)(C)CC[C@H]1O[C@@H](n2cc(CNCC(C)=O)c(=O)[nH]c2=O)[C@H](OC)[C@@H]1O.C=P(C)(C)CC[C@H]1O[C@@H](n2cc(CNCC(C)=O)c(=O)[nH]c2=S)[C@H](O)[C@@H]1O.C=P(C)(C)CC[C@H]1O[C@@H](n2cc(CNCC(C)=O)c(=O)[nH]c2=S)[C@H](O)[C@@H]1O. The van der Waals surface area contributed by atoms with Crippen molar-refractivity contribution in [3.63, 3.8) is 0 Å². The molecule has 0 spiro atoms. The zero-order chi connectivity index (χ0) is 82.1. The fourth-order valence-electron chi connectivity index (χ4n) is 11.8. The Labute approximate surface area is 643 Å². The number of H-pyrrole nitrogens is 4. The average molecular weight is 1650 g/mol. The Morgan fingerprint density at radius 2 is 0.633 bits per heavy atom. The quantitative estimate of drug-likeness (QED) is 0.0204. The first-order valence-electron chi connectivity index (χ1n) is 35.3. The van der Waals surface area contributed by atoms with Gasteiger partial charge in [0.15, 0.2) is 34.5 Å². The topological polar surface area (TPSA) is 489 Å². The number of rotatable bonds is 33. The molecular formula is C69H114N12O22P4S2. The summed E-state index contributed by atoms with van der Waals surface area (Å²) in [4.78, 5) is 126. The molecule has 4 aromatic rings. The summed E-state index contributed by atoms with van der Waals surface area (Å²) in [6.07, 6.45) is 13.3. The van der Waals surface area contributed by atoms with Crippen molar-refractivity contribution in [2.75, 3.05) is 111 Å². The molecular weight excluding hydrogens is 1540 g/mol. The Morgan fingerprint density at radius 1 is 0.404 bits per heavy atom. The second-order valence-corrected chi connectivity index (χ2v) is 48.7. The van der Waals surface area contributed by atoms with Gasteiger partial charge in [-0.1, -0.05) is 0 Å². The van der Waals surface area contributed by atoms with Gasteiger partial charge in [0.1, 0.15) is 72.0 Å². The number of ether oxygens (including phenoxy) is 5. The van der Waals surface area contributed by atoms with E-state index in [1.165, 1.54) is 73.3 Å². The van der Waals surface area contributed by atoms with Gasteiger partial charge >= 0.3 is 11.4 Å². The molecule has 8 rings (SSSR count). The largest absolute Gasteiger partial charge is 0.388 e. The van der Waals surface area contributed by atoms with E-state index in [9.17, 15) is 83.7 Å². The molecule has 4 aliphatic heterocycles. The van der Waals surface area contributed by atoms with Crippen LogP contribution < -0.4 is 54.9 Å². The maximum atomic E-state index is 12.4. The van der Waals surface area contributed by atoms with Crippen molar-refractivity contribution in [2.24, 2.45) is 0 Å². The van der Waals surface area contributed by atoms with Gasteiger partial charge in [0.2, 0.25) is 0 Å². The number of hydrogen-bond donors (Lipinski definition) is 15. The summed E-state index contributed by atoms with van der Waals surface area (Å²) in [7, 11) is 1.44. The first-order valence-corrected chi connectivity index (χ1v) is 48.3. The fraction of sp³-hybridized carbons (Fsp3) is 0.652. The predicted molar refractivity (Wildman–Crippen MR) is 434 cm³/mol. The second kappa shape index (κ2) is 41.7. The zero-order valence-electron chi connectivity index (χ0n) is 64.3. The molecule has 4 saturated heterocycles. The van der Waals surface area contributed by atoms with Crippen molar-refractivity contribution in [1.29, 1.82) is 0 Å². The van der Waals surface area contributed by atoms with Crippen molar-refractivity contribution >= 4 is 100 Å². The molecule has 109 heavy (non-hydrogen) atoms. The van der Waals surface area contributed by atoms with E-state index in [0.717, 1.165) is 29.2 Å². The van der Waals surface area contributed by atoms with Crippen LogP contribution in [-0.4, -0.2) is 307 Å². The molecule has 16 atom stereocenters. The Kier molecular flexibility index (Phi) is 36.1. The summed E-state index contributed by atoms with van der Waals surface area (Å²) in [5.41, 5.74) is -2.06.